The number of ether oxygens (including phenoxy) is 1. The number of aliphatic carboxylic acids is 1. The van der Waals surface area contributed by atoms with Gasteiger partial charge in [0.1, 0.15) is 11.8 Å². The van der Waals surface area contributed by atoms with Gasteiger partial charge in [-0.3, -0.25) is 0 Å². The second-order valence-corrected chi connectivity index (χ2v) is 7.77. The van der Waals surface area contributed by atoms with Gasteiger partial charge >= 0.3 is 5.97 Å². The van der Waals surface area contributed by atoms with Crippen LogP contribution < -0.4 is 9.04 Å². The maximum atomic E-state index is 13.1. The number of benzene rings is 2. The highest BCUT2D eigenvalue weighted by Gasteiger charge is 2.35. The lowest BCUT2D eigenvalue weighted by atomic mass is 10.2. The number of hydrogen-bond acceptors (Lipinski definition) is 4. The van der Waals surface area contributed by atoms with Gasteiger partial charge in [-0.1, -0.05) is 23.2 Å². The maximum absolute atomic E-state index is 13.1. The Morgan fingerprint density at radius 2 is 1.68 bits per heavy atom. The number of carboxylic acid groups (broad SMARTS) is 1. The van der Waals surface area contributed by atoms with Crippen molar-refractivity contribution >= 4 is 44.9 Å². The maximum Gasteiger partial charge on any atom is 0.327 e. The molecule has 0 saturated heterocycles. The highest BCUT2D eigenvalue weighted by atomic mass is 35.5. The molecule has 2 aromatic carbocycles. The Hall–Kier alpha value is -1.96. The minimum atomic E-state index is -4.21. The van der Waals surface area contributed by atoms with E-state index < -0.39 is 22.0 Å². The standard InChI is InChI=1S/C16H15Cl2NO5S/c1-10(16(20)21)19(14-9-12(18)5-8-15(14)24-2)25(22,23)13-6-3-11(17)4-7-13/h3-10H,1-2H3,(H,20,21). The molecule has 0 amide bonds. The van der Waals surface area contributed by atoms with Crippen LogP contribution in [0.4, 0.5) is 5.69 Å². The third kappa shape index (κ3) is 4.00. The number of methoxy groups -OCH3 is 1. The SMILES string of the molecule is COc1ccc(Cl)cc1N(C(C)C(=O)O)S(=O)(=O)c1ccc(Cl)cc1. The van der Waals surface area contributed by atoms with Crippen LogP contribution in [0.1, 0.15) is 6.92 Å². The van der Waals surface area contributed by atoms with Gasteiger partial charge in [0.2, 0.25) is 0 Å². The van der Waals surface area contributed by atoms with Crippen molar-refractivity contribution < 1.29 is 23.1 Å². The number of rotatable bonds is 6. The molecule has 0 fully saturated rings. The molecule has 0 aliphatic carbocycles. The minimum Gasteiger partial charge on any atom is -0.495 e. The summed E-state index contributed by atoms with van der Waals surface area (Å²) in [5, 5.41) is 10.00. The molecule has 0 radical (unpaired) electrons. The second kappa shape index (κ2) is 7.51. The van der Waals surface area contributed by atoms with Crippen molar-refractivity contribution in [3.05, 3.63) is 52.5 Å². The van der Waals surface area contributed by atoms with Crippen LogP contribution in [0.3, 0.4) is 0 Å². The van der Waals surface area contributed by atoms with Crippen LogP contribution in [0.5, 0.6) is 5.75 Å². The Balaban J connectivity index is 2.71. The Labute approximate surface area is 155 Å². The van der Waals surface area contributed by atoms with Crippen molar-refractivity contribution in [3.63, 3.8) is 0 Å². The van der Waals surface area contributed by atoms with Gasteiger partial charge in [-0.05, 0) is 49.4 Å². The molecule has 0 saturated carbocycles. The molecule has 0 aliphatic heterocycles. The van der Waals surface area contributed by atoms with Crippen molar-refractivity contribution in [2.24, 2.45) is 0 Å². The number of sulfonamides is 1. The summed E-state index contributed by atoms with van der Waals surface area (Å²) in [6, 6.07) is 8.35. The summed E-state index contributed by atoms with van der Waals surface area (Å²) in [6.45, 7) is 1.26. The Morgan fingerprint density at radius 3 is 2.20 bits per heavy atom. The Bertz CT molecular complexity index is 884. The lowest BCUT2D eigenvalue weighted by Gasteiger charge is -2.29. The summed E-state index contributed by atoms with van der Waals surface area (Å²) in [4.78, 5) is 11.4. The van der Waals surface area contributed by atoms with Crippen LogP contribution >= 0.6 is 23.2 Å². The minimum absolute atomic E-state index is 0.0276. The van der Waals surface area contributed by atoms with E-state index in [1.807, 2.05) is 0 Å². The number of carbonyl (C=O) groups is 1. The molecule has 0 aliphatic rings. The molecule has 2 aromatic rings. The van der Waals surface area contributed by atoms with Gasteiger partial charge in [-0.25, -0.2) is 17.5 Å². The summed E-state index contributed by atoms with van der Waals surface area (Å²) in [6.07, 6.45) is 0. The van der Waals surface area contributed by atoms with Gasteiger partial charge in [-0.15, -0.1) is 0 Å². The number of hydrogen-bond donors (Lipinski definition) is 1. The first-order chi connectivity index (χ1) is 11.7. The molecule has 0 aromatic heterocycles. The van der Waals surface area contributed by atoms with Crippen molar-refractivity contribution in [1.29, 1.82) is 0 Å². The summed E-state index contributed by atoms with van der Waals surface area (Å²) in [5.74, 6) is -1.14. The predicted octanol–water partition coefficient (Wildman–Crippen LogP) is 3.67. The van der Waals surface area contributed by atoms with Crippen molar-refractivity contribution in [3.8, 4) is 5.75 Å². The summed E-state index contributed by atoms with van der Waals surface area (Å²) in [7, 11) is -2.86. The Morgan fingerprint density at radius 1 is 1.12 bits per heavy atom. The van der Waals surface area contributed by atoms with E-state index in [1.54, 1.807) is 0 Å². The van der Waals surface area contributed by atoms with E-state index in [1.165, 1.54) is 56.5 Å². The normalized spacial score (nSPS) is 12.5. The lowest BCUT2D eigenvalue weighted by molar-refractivity contribution is -0.137. The molecular formula is C16H15Cl2NO5S. The van der Waals surface area contributed by atoms with E-state index in [0.717, 1.165) is 4.31 Å². The van der Waals surface area contributed by atoms with Crippen LogP contribution in [0, 0.1) is 0 Å². The van der Waals surface area contributed by atoms with Crippen LogP contribution in [0.15, 0.2) is 47.4 Å². The average Bonchev–Trinajstić information content (AvgIpc) is 2.55. The van der Waals surface area contributed by atoms with Gasteiger partial charge in [0.05, 0.1) is 17.7 Å². The van der Waals surface area contributed by atoms with E-state index in [9.17, 15) is 18.3 Å². The molecule has 0 heterocycles. The highest BCUT2D eigenvalue weighted by Crippen LogP contribution is 2.36. The molecular weight excluding hydrogens is 389 g/mol. The molecule has 134 valence electrons. The predicted molar refractivity (Wildman–Crippen MR) is 96.2 cm³/mol. The molecule has 1 atom stereocenters. The summed E-state index contributed by atoms with van der Waals surface area (Å²) in [5.41, 5.74) is 0.0276. The molecule has 1 unspecified atom stereocenters. The summed E-state index contributed by atoms with van der Waals surface area (Å²) < 4.78 is 32.1. The average molecular weight is 404 g/mol. The number of anilines is 1. The van der Waals surface area contributed by atoms with E-state index in [2.05, 4.69) is 0 Å². The number of halogens is 2. The van der Waals surface area contributed by atoms with E-state index in [0.29, 0.717) is 5.02 Å². The molecule has 2 rings (SSSR count). The first kappa shape index (κ1) is 19.4. The fourth-order valence-electron chi connectivity index (χ4n) is 2.20. The largest absolute Gasteiger partial charge is 0.495 e. The van der Waals surface area contributed by atoms with Gasteiger partial charge in [0.15, 0.2) is 0 Å². The monoisotopic (exact) mass is 403 g/mol. The molecule has 6 nitrogen and oxygen atoms in total. The fourth-order valence-corrected chi connectivity index (χ4v) is 4.11. The number of carboxylic acids is 1. The zero-order valence-corrected chi connectivity index (χ0v) is 15.6. The third-order valence-electron chi connectivity index (χ3n) is 3.46. The van der Waals surface area contributed by atoms with Crippen LogP contribution in [-0.4, -0.2) is 32.6 Å². The summed E-state index contributed by atoms with van der Waals surface area (Å²) >= 11 is 11.8. The molecule has 0 spiro atoms. The van der Waals surface area contributed by atoms with Gasteiger partial charge in [0, 0.05) is 10.0 Å². The molecule has 0 bridgehead atoms. The topological polar surface area (TPSA) is 83.9 Å². The zero-order chi connectivity index (χ0) is 18.8. The zero-order valence-electron chi connectivity index (χ0n) is 13.3. The van der Waals surface area contributed by atoms with Gasteiger partial charge < -0.3 is 9.84 Å². The highest BCUT2D eigenvalue weighted by molar-refractivity contribution is 7.93. The molecule has 25 heavy (non-hydrogen) atoms. The molecule has 9 heteroatoms. The van der Waals surface area contributed by atoms with Crippen molar-refractivity contribution in [2.45, 2.75) is 17.9 Å². The van der Waals surface area contributed by atoms with Crippen molar-refractivity contribution in [1.82, 2.24) is 0 Å². The van der Waals surface area contributed by atoms with Crippen molar-refractivity contribution in [2.75, 3.05) is 11.4 Å². The van der Waals surface area contributed by atoms with E-state index >= 15 is 0 Å². The van der Waals surface area contributed by atoms with Gasteiger partial charge in [0.25, 0.3) is 10.0 Å². The Kier molecular flexibility index (Phi) is 5.82. The van der Waals surface area contributed by atoms with Crippen LogP contribution in [0.2, 0.25) is 10.0 Å². The smallest absolute Gasteiger partial charge is 0.327 e. The lowest BCUT2D eigenvalue weighted by Crippen LogP contribution is -2.43. The third-order valence-corrected chi connectivity index (χ3v) is 5.84. The fraction of sp³-hybridized carbons (Fsp3) is 0.188. The van der Waals surface area contributed by atoms with E-state index in [4.69, 9.17) is 27.9 Å². The quantitative estimate of drug-likeness (QED) is 0.794. The van der Waals surface area contributed by atoms with Crippen LogP contribution in [-0.2, 0) is 14.8 Å². The first-order valence-corrected chi connectivity index (χ1v) is 9.24. The van der Waals surface area contributed by atoms with Gasteiger partial charge in [-0.2, -0.15) is 0 Å². The van der Waals surface area contributed by atoms with E-state index in [-0.39, 0.29) is 21.4 Å². The van der Waals surface area contributed by atoms with Crippen LogP contribution in [0.25, 0.3) is 0 Å². The first-order valence-electron chi connectivity index (χ1n) is 7.05. The second-order valence-electron chi connectivity index (χ2n) is 5.09. The molecule has 1 N–H and O–H groups in total. The number of nitrogens with zero attached hydrogens (tertiary/aromatic N) is 1.